The molecule has 12 rings (SSSR count). The number of hydrogen-bond acceptors (Lipinski definition) is 3. The fraction of sp³-hybridized carbons (Fsp3) is 0. The average Bonchev–Trinajstić information content (AvgIpc) is 3.92. The van der Waals surface area contributed by atoms with Crippen molar-refractivity contribution >= 4 is 72.4 Å². The van der Waals surface area contributed by atoms with Crippen molar-refractivity contribution < 1.29 is 6.85 Å². The lowest BCUT2D eigenvalue weighted by Gasteiger charge is -2.34. The second-order valence-electron chi connectivity index (χ2n) is 15.6. The smallest absolute Gasteiger partial charge is 0.238 e. The van der Waals surface area contributed by atoms with Crippen molar-refractivity contribution in [1.82, 2.24) is 24.1 Å². The Labute approximate surface area is 372 Å². The van der Waals surface area contributed by atoms with Crippen LogP contribution in [0.2, 0.25) is 0 Å². The molecule has 0 unspecified atom stereocenters. The van der Waals surface area contributed by atoms with E-state index in [9.17, 15) is 0 Å². The van der Waals surface area contributed by atoms with Gasteiger partial charge in [-0.25, -0.2) is 4.98 Å². The molecule has 0 saturated carbocycles. The Morgan fingerprint density at radius 3 is 1.38 bits per heavy atom. The molecule has 0 fully saturated rings. The second kappa shape index (κ2) is 15.1. The largest absolute Gasteiger partial charge is 0.307 e. The third-order valence-corrected chi connectivity index (χ3v) is 17.0. The Bertz CT molecular complexity index is 3750. The van der Waals surface area contributed by atoms with Gasteiger partial charge in [-0.05, 0) is 45.0 Å². The zero-order valence-electron chi connectivity index (χ0n) is 38.9. The maximum atomic E-state index is 9.16. The minimum atomic E-state index is -3.01. The number of para-hydroxylation sites is 4. The minimum Gasteiger partial charge on any atom is -0.307 e. The molecule has 12 aromatic rings. The van der Waals surface area contributed by atoms with E-state index in [0.29, 0.717) is 5.56 Å². The summed E-state index contributed by atoms with van der Waals surface area (Å²) in [6.45, 7) is 0. The highest BCUT2D eigenvalue weighted by molar-refractivity contribution is 7.19. The fourth-order valence-corrected chi connectivity index (χ4v) is 14.4. The Hall–Kier alpha value is -8.19. The summed E-state index contributed by atoms with van der Waals surface area (Å²) in [4.78, 5) is 15.6. The molecule has 9 aromatic carbocycles. The lowest BCUT2D eigenvalue weighted by Crippen LogP contribution is -2.74. The van der Waals surface area contributed by atoms with Crippen LogP contribution in [0.15, 0.2) is 236 Å². The van der Waals surface area contributed by atoms with Gasteiger partial charge in [0.05, 0.1) is 34.6 Å². The van der Waals surface area contributed by atoms with Gasteiger partial charge in [0.1, 0.15) is 0 Å². The number of fused-ring (bicyclic) bond motifs is 6. The molecule has 0 radical (unpaired) electrons. The molecule has 0 aliphatic rings. The van der Waals surface area contributed by atoms with Gasteiger partial charge >= 0.3 is 0 Å². The van der Waals surface area contributed by atoms with Crippen LogP contribution in [-0.2, 0) is 0 Å². The number of nitrogens with zero attached hydrogens (tertiary/aromatic N) is 5. The summed E-state index contributed by atoms with van der Waals surface area (Å²) in [5.74, 6) is 0.487. The molecule has 3 heterocycles. The van der Waals surface area contributed by atoms with Crippen molar-refractivity contribution in [3.05, 3.63) is 236 Å². The normalized spacial score (nSPS) is 12.9. The maximum Gasteiger partial charge on any atom is 0.238 e. The Morgan fingerprint density at radius 1 is 0.365 bits per heavy atom. The van der Waals surface area contributed by atoms with E-state index in [1.165, 1.54) is 15.6 Å². The van der Waals surface area contributed by atoms with E-state index in [1.54, 1.807) is 0 Å². The SMILES string of the molecule is [2H]c1c([2H])c([2H])c(-c2nc(-c3cccc([Si](c4ccccc4)(c4ccccc4)c4ccccc4)c3)nc(-n3c4ccccc4c4cccc(-n5c6ccccc6c6ccccc65)c43)n2)c([2H])c1[2H]. The Morgan fingerprint density at radius 2 is 0.810 bits per heavy atom. The summed E-state index contributed by atoms with van der Waals surface area (Å²) in [5.41, 5.74) is 5.21. The van der Waals surface area contributed by atoms with Gasteiger partial charge in [0.25, 0.3) is 0 Å². The number of rotatable bonds is 8. The van der Waals surface area contributed by atoms with Crippen LogP contribution in [0.4, 0.5) is 0 Å². The Balaban J connectivity index is 1.19. The summed E-state index contributed by atoms with van der Waals surface area (Å²) in [6.07, 6.45) is 0. The van der Waals surface area contributed by atoms with E-state index in [2.05, 4.69) is 162 Å². The number of hydrogen-bond donors (Lipinski definition) is 0. The van der Waals surface area contributed by atoms with E-state index >= 15 is 0 Å². The van der Waals surface area contributed by atoms with Crippen molar-refractivity contribution in [3.63, 3.8) is 0 Å². The summed E-state index contributed by atoms with van der Waals surface area (Å²) < 4.78 is 48.5. The quantitative estimate of drug-likeness (QED) is 0.113. The number of benzene rings is 9. The van der Waals surface area contributed by atoms with Gasteiger partial charge in [-0.15, -0.1) is 0 Å². The van der Waals surface area contributed by atoms with Crippen molar-refractivity contribution in [2.75, 3.05) is 0 Å². The van der Waals surface area contributed by atoms with Crippen LogP contribution in [0.1, 0.15) is 6.85 Å². The number of aromatic nitrogens is 5. The van der Waals surface area contributed by atoms with Crippen molar-refractivity contribution in [3.8, 4) is 34.4 Å². The molecule has 0 spiro atoms. The molecule has 6 heteroatoms. The molecule has 0 atom stereocenters. The first kappa shape index (κ1) is 31.6. The zero-order chi connectivity index (χ0) is 46.1. The van der Waals surface area contributed by atoms with Gasteiger partial charge in [-0.2, -0.15) is 9.97 Å². The molecule has 0 aliphatic heterocycles. The van der Waals surface area contributed by atoms with E-state index in [1.807, 2.05) is 53.1 Å². The highest BCUT2D eigenvalue weighted by Gasteiger charge is 2.41. The molecule has 0 aliphatic carbocycles. The van der Waals surface area contributed by atoms with Gasteiger partial charge in [0.2, 0.25) is 5.95 Å². The third-order valence-electron chi connectivity index (χ3n) is 12.2. The molecular formula is C57H39N5Si. The molecule has 0 amide bonds. The summed E-state index contributed by atoms with van der Waals surface area (Å²) in [5, 5.41) is 8.89. The highest BCUT2D eigenvalue weighted by atomic mass is 28.3. The summed E-state index contributed by atoms with van der Waals surface area (Å²) in [6, 6.07) is 69.3. The first-order chi connectivity index (χ1) is 33.3. The molecule has 0 bridgehead atoms. The van der Waals surface area contributed by atoms with Crippen LogP contribution < -0.4 is 20.7 Å². The molecule has 3 aromatic heterocycles. The molecule has 0 N–H and O–H groups in total. The van der Waals surface area contributed by atoms with E-state index < -0.39 is 38.3 Å². The molecule has 296 valence electrons. The minimum absolute atomic E-state index is 0.0367. The lowest BCUT2D eigenvalue weighted by molar-refractivity contribution is 0.950. The predicted octanol–water partition coefficient (Wildman–Crippen LogP) is 10.8. The third kappa shape index (κ3) is 5.87. The fourth-order valence-electron chi connectivity index (χ4n) is 9.59. The van der Waals surface area contributed by atoms with E-state index in [4.69, 9.17) is 21.8 Å². The lowest BCUT2D eigenvalue weighted by atomic mass is 10.1. The molecular weight excluding hydrogens is 783 g/mol. The second-order valence-corrected chi connectivity index (χ2v) is 19.4. The predicted molar refractivity (Wildman–Crippen MR) is 263 cm³/mol. The van der Waals surface area contributed by atoms with Crippen molar-refractivity contribution in [2.45, 2.75) is 0 Å². The van der Waals surface area contributed by atoms with Crippen LogP contribution in [0.25, 0.3) is 78.0 Å². The van der Waals surface area contributed by atoms with Gasteiger partial charge in [0.15, 0.2) is 19.7 Å². The van der Waals surface area contributed by atoms with Crippen LogP contribution >= 0.6 is 0 Å². The standard InChI is InChI=1S/C57H39N5Si/c1-5-21-40(22-6-1)55-58-56(41-23-19-30-45(39-41)63(42-24-7-2-8-25-42,43-26-9-3-10-27-43)44-28-11-4-12-29-44)60-57(59-55)62-52-37-18-15-33-48(52)49-34-20-38-53(54(49)62)61-50-35-16-13-31-46(50)47-32-14-17-36-51(47)61/h1-39H/i1D,5D,6D,21D,22D. The van der Waals surface area contributed by atoms with Crippen molar-refractivity contribution in [1.29, 1.82) is 0 Å². The molecule has 63 heavy (non-hydrogen) atoms. The first-order valence-corrected chi connectivity index (χ1v) is 23.0. The average molecular weight is 827 g/mol. The van der Waals surface area contributed by atoms with E-state index in [-0.39, 0.29) is 23.2 Å². The monoisotopic (exact) mass is 826 g/mol. The topological polar surface area (TPSA) is 48.5 Å². The Kier molecular flexibility index (Phi) is 7.57. The van der Waals surface area contributed by atoms with Gasteiger partial charge in [-0.3, -0.25) is 4.57 Å². The van der Waals surface area contributed by atoms with Gasteiger partial charge in [-0.1, -0.05) is 212 Å². The maximum absolute atomic E-state index is 9.16. The van der Waals surface area contributed by atoms with Crippen LogP contribution in [0.5, 0.6) is 0 Å². The zero-order valence-corrected chi connectivity index (χ0v) is 34.9. The highest BCUT2D eigenvalue weighted by Crippen LogP contribution is 2.39. The first-order valence-electron chi connectivity index (χ1n) is 23.5. The van der Waals surface area contributed by atoms with Gasteiger partial charge in [0, 0.05) is 32.7 Å². The molecule has 0 saturated heterocycles. The van der Waals surface area contributed by atoms with Gasteiger partial charge < -0.3 is 4.57 Å². The van der Waals surface area contributed by atoms with Crippen LogP contribution in [0.3, 0.4) is 0 Å². The summed E-state index contributed by atoms with van der Waals surface area (Å²) in [7, 11) is -3.01. The van der Waals surface area contributed by atoms with E-state index in [0.717, 1.165) is 54.5 Å². The van der Waals surface area contributed by atoms with Crippen molar-refractivity contribution in [2.24, 2.45) is 0 Å². The molecule has 5 nitrogen and oxygen atoms in total. The summed E-state index contributed by atoms with van der Waals surface area (Å²) >= 11 is 0. The van der Waals surface area contributed by atoms with Crippen LogP contribution in [-0.4, -0.2) is 32.2 Å². The van der Waals surface area contributed by atoms with Crippen LogP contribution in [0, 0.1) is 0 Å².